The first-order chi connectivity index (χ1) is 12.1. The van der Waals surface area contributed by atoms with E-state index >= 15 is 0 Å². The van der Waals surface area contributed by atoms with Gasteiger partial charge in [0.15, 0.2) is 5.96 Å². The molecule has 1 heterocycles. The van der Waals surface area contributed by atoms with Crippen LogP contribution in [0.1, 0.15) is 39.0 Å². The van der Waals surface area contributed by atoms with E-state index in [1.54, 1.807) is 4.90 Å². The number of rotatable bonds is 9. The average Bonchev–Trinajstić information content (AvgIpc) is 2.60. The van der Waals surface area contributed by atoms with Crippen LogP contribution in [0.3, 0.4) is 0 Å². The van der Waals surface area contributed by atoms with Gasteiger partial charge in [-0.2, -0.15) is 0 Å². The Morgan fingerprint density at radius 3 is 2.24 bits per heavy atom. The lowest BCUT2D eigenvalue weighted by molar-refractivity contribution is 0.0914. The second-order valence-corrected chi connectivity index (χ2v) is 6.72. The van der Waals surface area contributed by atoms with E-state index in [1.165, 1.54) is 38.6 Å². The van der Waals surface area contributed by atoms with E-state index in [0.29, 0.717) is 19.7 Å². The molecular weight excluding hydrogens is 318 g/mol. The summed E-state index contributed by atoms with van der Waals surface area (Å²) < 4.78 is 5.06. The van der Waals surface area contributed by atoms with Gasteiger partial charge in [0.2, 0.25) is 0 Å². The number of guanidine groups is 1. The fraction of sp³-hybridized carbons (Fsp3) is 0.889. The first-order valence-corrected chi connectivity index (χ1v) is 9.60. The monoisotopic (exact) mass is 355 g/mol. The molecule has 7 nitrogen and oxygen atoms in total. The number of carbonyl (C=O) groups excluding carboxylic acids is 1. The number of hydrogen-bond donors (Lipinski definition) is 1. The lowest BCUT2D eigenvalue weighted by Crippen LogP contribution is -2.54. The molecule has 1 amide bonds. The molecule has 1 N–H and O–H groups in total. The summed E-state index contributed by atoms with van der Waals surface area (Å²) >= 11 is 0. The molecule has 0 atom stereocenters. The Kier molecular flexibility index (Phi) is 11.0. The molecule has 0 radical (unpaired) electrons. The molecular formula is C18H37N5O2. The van der Waals surface area contributed by atoms with Crippen LogP contribution in [-0.4, -0.2) is 93.8 Å². The molecule has 146 valence electrons. The van der Waals surface area contributed by atoms with E-state index < -0.39 is 0 Å². The van der Waals surface area contributed by atoms with Crippen molar-refractivity contribution in [1.82, 2.24) is 20.0 Å². The van der Waals surface area contributed by atoms with Crippen molar-refractivity contribution >= 4 is 12.1 Å². The predicted molar refractivity (Wildman–Crippen MR) is 103 cm³/mol. The summed E-state index contributed by atoms with van der Waals surface area (Å²) in [6, 6.07) is 0. The molecule has 1 saturated heterocycles. The highest BCUT2D eigenvalue weighted by Crippen LogP contribution is 2.05. The van der Waals surface area contributed by atoms with Gasteiger partial charge in [0.25, 0.3) is 0 Å². The number of ether oxygens (including phenoxy) is 1. The van der Waals surface area contributed by atoms with Crippen LogP contribution in [0.2, 0.25) is 0 Å². The van der Waals surface area contributed by atoms with Gasteiger partial charge in [0.05, 0.1) is 6.61 Å². The van der Waals surface area contributed by atoms with Crippen LogP contribution >= 0.6 is 0 Å². The quantitative estimate of drug-likeness (QED) is 0.389. The topological polar surface area (TPSA) is 60.4 Å². The van der Waals surface area contributed by atoms with Gasteiger partial charge in [0.1, 0.15) is 0 Å². The maximum absolute atomic E-state index is 11.7. The smallest absolute Gasteiger partial charge is 0.409 e. The van der Waals surface area contributed by atoms with E-state index in [0.717, 1.165) is 25.6 Å². The Morgan fingerprint density at radius 2 is 1.64 bits per heavy atom. The van der Waals surface area contributed by atoms with Crippen LogP contribution in [0.4, 0.5) is 4.79 Å². The van der Waals surface area contributed by atoms with Gasteiger partial charge in [0, 0.05) is 39.8 Å². The van der Waals surface area contributed by atoms with E-state index in [-0.39, 0.29) is 6.09 Å². The average molecular weight is 356 g/mol. The van der Waals surface area contributed by atoms with Crippen LogP contribution in [0.25, 0.3) is 0 Å². The van der Waals surface area contributed by atoms with Crippen LogP contribution in [0.15, 0.2) is 4.99 Å². The number of unbranched alkanes of at least 4 members (excludes halogenated alkanes) is 4. The van der Waals surface area contributed by atoms with Gasteiger partial charge >= 0.3 is 6.09 Å². The Hall–Kier alpha value is -1.50. The molecule has 25 heavy (non-hydrogen) atoms. The molecule has 0 aromatic heterocycles. The highest BCUT2D eigenvalue weighted by Gasteiger charge is 2.23. The molecule has 0 bridgehead atoms. The molecule has 0 aromatic carbocycles. The van der Waals surface area contributed by atoms with E-state index in [2.05, 4.69) is 34.2 Å². The van der Waals surface area contributed by atoms with Gasteiger partial charge in [-0.3, -0.25) is 4.99 Å². The summed E-state index contributed by atoms with van der Waals surface area (Å²) in [5, 5.41) is 3.45. The minimum absolute atomic E-state index is 0.209. The Morgan fingerprint density at radius 1 is 1.04 bits per heavy atom. The second kappa shape index (κ2) is 12.8. The minimum atomic E-state index is -0.209. The van der Waals surface area contributed by atoms with E-state index in [4.69, 9.17) is 4.74 Å². The summed E-state index contributed by atoms with van der Waals surface area (Å²) in [6.07, 6.45) is 6.11. The fourth-order valence-corrected chi connectivity index (χ4v) is 2.93. The van der Waals surface area contributed by atoms with Crippen LogP contribution in [0.5, 0.6) is 0 Å². The Labute approximate surface area is 153 Å². The van der Waals surface area contributed by atoms with Gasteiger partial charge in [-0.15, -0.1) is 0 Å². The van der Waals surface area contributed by atoms with Gasteiger partial charge < -0.3 is 24.8 Å². The lowest BCUT2D eigenvalue weighted by atomic mass is 10.1. The van der Waals surface area contributed by atoms with Crippen molar-refractivity contribution in [3.63, 3.8) is 0 Å². The maximum atomic E-state index is 11.7. The standard InChI is InChI=1S/C18H37N5O2/c1-5-25-18(24)23-15-13-22(14-16-23)17(19-2)20-11-9-7-6-8-10-12-21(3)4/h5-16H2,1-4H3,(H,19,20). The number of aliphatic imine (C=N–C) groups is 1. The molecule has 7 heteroatoms. The number of hydrogen-bond acceptors (Lipinski definition) is 4. The number of nitrogens with zero attached hydrogens (tertiary/aromatic N) is 4. The number of piperazine rings is 1. The van der Waals surface area contributed by atoms with Crippen molar-refractivity contribution in [2.75, 3.05) is 67.0 Å². The van der Waals surface area contributed by atoms with Crippen LogP contribution in [-0.2, 0) is 4.74 Å². The first kappa shape index (κ1) is 21.5. The fourth-order valence-electron chi connectivity index (χ4n) is 2.93. The summed E-state index contributed by atoms with van der Waals surface area (Å²) in [6.45, 7) is 7.36. The Bertz CT molecular complexity index is 393. The van der Waals surface area contributed by atoms with Gasteiger partial charge in [-0.05, 0) is 40.4 Å². The van der Waals surface area contributed by atoms with E-state index in [9.17, 15) is 4.79 Å². The third-order valence-corrected chi connectivity index (χ3v) is 4.38. The summed E-state index contributed by atoms with van der Waals surface area (Å²) in [5.41, 5.74) is 0. The normalized spacial score (nSPS) is 15.6. The summed E-state index contributed by atoms with van der Waals surface area (Å²) in [5.74, 6) is 0.941. The zero-order valence-electron chi connectivity index (χ0n) is 16.6. The van der Waals surface area contributed by atoms with Crippen molar-refractivity contribution in [3.8, 4) is 0 Å². The van der Waals surface area contributed by atoms with Crippen molar-refractivity contribution < 1.29 is 9.53 Å². The maximum Gasteiger partial charge on any atom is 0.409 e. The molecule has 0 aliphatic carbocycles. The molecule has 1 fully saturated rings. The SMILES string of the molecule is CCOC(=O)N1CCN(C(=NC)NCCCCCCCN(C)C)CC1. The lowest BCUT2D eigenvalue weighted by Gasteiger charge is -2.35. The molecule has 0 saturated carbocycles. The second-order valence-electron chi connectivity index (χ2n) is 6.72. The Balaban J connectivity index is 2.14. The highest BCUT2D eigenvalue weighted by atomic mass is 16.6. The summed E-state index contributed by atoms with van der Waals surface area (Å²) in [4.78, 5) is 22.3. The molecule has 1 aliphatic rings. The van der Waals surface area contributed by atoms with Crippen molar-refractivity contribution in [2.24, 2.45) is 4.99 Å². The van der Waals surface area contributed by atoms with Gasteiger partial charge in [-0.1, -0.05) is 19.3 Å². The predicted octanol–water partition coefficient (Wildman–Crippen LogP) is 1.85. The van der Waals surface area contributed by atoms with Crippen LogP contribution < -0.4 is 5.32 Å². The molecule has 1 aliphatic heterocycles. The highest BCUT2D eigenvalue weighted by molar-refractivity contribution is 5.80. The molecule has 0 spiro atoms. The molecule has 1 rings (SSSR count). The van der Waals surface area contributed by atoms with Crippen molar-refractivity contribution in [3.05, 3.63) is 0 Å². The van der Waals surface area contributed by atoms with Crippen molar-refractivity contribution in [1.29, 1.82) is 0 Å². The number of amides is 1. The third-order valence-electron chi connectivity index (χ3n) is 4.38. The van der Waals surface area contributed by atoms with Crippen molar-refractivity contribution in [2.45, 2.75) is 39.0 Å². The largest absolute Gasteiger partial charge is 0.450 e. The van der Waals surface area contributed by atoms with E-state index in [1.807, 2.05) is 14.0 Å². The number of carbonyl (C=O) groups is 1. The summed E-state index contributed by atoms with van der Waals surface area (Å²) in [7, 11) is 6.07. The zero-order chi connectivity index (χ0) is 18.5. The van der Waals surface area contributed by atoms with Crippen LogP contribution in [0, 0.1) is 0 Å². The zero-order valence-corrected chi connectivity index (χ0v) is 16.6. The minimum Gasteiger partial charge on any atom is -0.450 e. The van der Waals surface area contributed by atoms with Gasteiger partial charge in [-0.25, -0.2) is 4.79 Å². The molecule has 0 unspecified atom stereocenters. The third kappa shape index (κ3) is 8.95. The molecule has 0 aromatic rings. The first-order valence-electron chi connectivity index (χ1n) is 9.60. The number of nitrogens with one attached hydrogen (secondary N) is 1.